The number of amidine groups is 1. The predicted octanol–water partition coefficient (Wildman–Crippen LogP) is 2.11. The number of carbonyl (C=O) groups is 1. The summed E-state index contributed by atoms with van der Waals surface area (Å²) in [5.74, 6) is 1.11. The molecular formula is C17H22N2O5S2. The summed E-state index contributed by atoms with van der Waals surface area (Å²) in [6.07, 6.45) is 1.07. The molecule has 26 heavy (non-hydrogen) atoms. The minimum Gasteiger partial charge on any atom is -0.497 e. The maximum Gasteiger partial charge on any atom is 0.248 e. The molecule has 2 atom stereocenters. The van der Waals surface area contributed by atoms with Crippen molar-refractivity contribution in [3.63, 3.8) is 0 Å². The number of rotatable bonds is 5. The Bertz CT molecular complexity index is 838. The van der Waals surface area contributed by atoms with Crippen LogP contribution in [0.4, 0.5) is 5.69 Å². The Labute approximate surface area is 157 Å². The van der Waals surface area contributed by atoms with Crippen molar-refractivity contribution >= 4 is 38.4 Å². The van der Waals surface area contributed by atoms with Gasteiger partial charge in [0.25, 0.3) is 0 Å². The molecule has 1 aromatic rings. The maximum atomic E-state index is 12.1. The fraction of sp³-hybridized carbons (Fsp3) is 0.529. The summed E-state index contributed by atoms with van der Waals surface area (Å²) in [6.45, 7) is 1.92. The standard InChI is InChI=1S/C17H22N2O5S2/c1-4-5-16(20)18-17-19(13-9-26(21,22)10-15(13)25-17)12-8-11(23-2)6-7-14(12)24-3/h6-8,13,15H,4-5,9-10H2,1-3H3/t13-,15+/m0/s1. The zero-order chi connectivity index (χ0) is 18.9. The van der Waals surface area contributed by atoms with E-state index in [1.807, 2.05) is 11.8 Å². The molecule has 2 aliphatic rings. The molecule has 2 fully saturated rings. The summed E-state index contributed by atoms with van der Waals surface area (Å²) < 4.78 is 35.0. The van der Waals surface area contributed by atoms with Crippen molar-refractivity contribution in [3.05, 3.63) is 18.2 Å². The highest BCUT2D eigenvalue weighted by Gasteiger charge is 2.50. The molecule has 1 aromatic carbocycles. The van der Waals surface area contributed by atoms with E-state index in [1.165, 1.54) is 11.8 Å². The lowest BCUT2D eigenvalue weighted by Gasteiger charge is -2.26. The molecule has 0 saturated carbocycles. The average Bonchev–Trinajstić information content (AvgIpc) is 3.05. The van der Waals surface area contributed by atoms with E-state index in [1.54, 1.807) is 32.4 Å². The number of hydrogen-bond acceptors (Lipinski definition) is 6. The lowest BCUT2D eigenvalue weighted by molar-refractivity contribution is -0.117. The van der Waals surface area contributed by atoms with Crippen LogP contribution in [-0.4, -0.2) is 56.5 Å². The molecule has 2 heterocycles. The zero-order valence-electron chi connectivity index (χ0n) is 15.0. The van der Waals surface area contributed by atoms with Crippen molar-refractivity contribution in [1.82, 2.24) is 0 Å². The summed E-state index contributed by atoms with van der Waals surface area (Å²) in [6, 6.07) is 5.04. The van der Waals surface area contributed by atoms with E-state index in [2.05, 4.69) is 4.99 Å². The van der Waals surface area contributed by atoms with E-state index < -0.39 is 9.84 Å². The van der Waals surface area contributed by atoms with Gasteiger partial charge in [-0.25, -0.2) is 8.42 Å². The Hall–Kier alpha value is -1.74. The van der Waals surface area contributed by atoms with Crippen LogP contribution in [0.2, 0.25) is 0 Å². The lowest BCUT2D eigenvalue weighted by atomic mass is 10.2. The summed E-state index contributed by atoms with van der Waals surface area (Å²) >= 11 is 1.35. The van der Waals surface area contributed by atoms with Gasteiger partial charge in [-0.3, -0.25) is 4.79 Å². The zero-order valence-corrected chi connectivity index (χ0v) is 16.6. The van der Waals surface area contributed by atoms with Crippen LogP contribution in [0.1, 0.15) is 19.8 Å². The Morgan fingerprint density at radius 3 is 2.73 bits per heavy atom. The van der Waals surface area contributed by atoms with Crippen molar-refractivity contribution in [2.75, 3.05) is 30.6 Å². The highest BCUT2D eigenvalue weighted by Crippen LogP contribution is 2.44. The molecule has 2 saturated heterocycles. The molecule has 9 heteroatoms. The SMILES string of the molecule is CCCC(=O)N=C1S[C@@H]2CS(=O)(=O)C[C@@H]2N1c1cc(OC)ccc1OC. The maximum absolute atomic E-state index is 12.1. The molecule has 0 unspecified atom stereocenters. The van der Waals surface area contributed by atoms with Gasteiger partial charge in [0.2, 0.25) is 5.91 Å². The normalized spacial score (nSPS) is 25.3. The van der Waals surface area contributed by atoms with Crippen LogP contribution < -0.4 is 14.4 Å². The Morgan fingerprint density at radius 2 is 2.08 bits per heavy atom. The van der Waals surface area contributed by atoms with E-state index in [0.29, 0.717) is 35.2 Å². The van der Waals surface area contributed by atoms with Crippen molar-refractivity contribution in [3.8, 4) is 11.5 Å². The monoisotopic (exact) mass is 398 g/mol. The van der Waals surface area contributed by atoms with Gasteiger partial charge in [0.1, 0.15) is 11.5 Å². The molecule has 7 nitrogen and oxygen atoms in total. The molecule has 1 amide bonds. The first-order valence-corrected chi connectivity index (χ1v) is 11.1. The van der Waals surface area contributed by atoms with Crippen LogP contribution in [0.25, 0.3) is 0 Å². The molecular weight excluding hydrogens is 376 g/mol. The van der Waals surface area contributed by atoms with E-state index in [-0.39, 0.29) is 28.7 Å². The number of hydrogen-bond donors (Lipinski definition) is 0. The Kier molecular flexibility index (Phi) is 5.47. The van der Waals surface area contributed by atoms with Gasteiger partial charge < -0.3 is 14.4 Å². The van der Waals surface area contributed by atoms with Crippen LogP contribution in [0.3, 0.4) is 0 Å². The van der Waals surface area contributed by atoms with Crippen LogP contribution in [0.15, 0.2) is 23.2 Å². The summed E-state index contributed by atoms with van der Waals surface area (Å²) in [5.41, 5.74) is 0.659. The number of methoxy groups -OCH3 is 2. The number of anilines is 1. The smallest absolute Gasteiger partial charge is 0.248 e. The fourth-order valence-corrected chi connectivity index (χ4v) is 7.13. The number of nitrogens with zero attached hydrogens (tertiary/aromatic N) is 2. The second-order valence-corrected chi connectivity index (χ2v) is 9.61. The van der Waals surface area contributed by atoms with Gasteiger partial charge in [0.05, 0.1) is 37.5 Å². The van der Waals surface area contributed by atoms with Crippen LogP contribution in [-0.2, 0) is 14.6 Å². The van der Waals surface area contributed by atoms with Gasteiger partial charge in [-0.05, 0) is 18.6 Å². The summed E-state index contributed by atoms with van der Waals surface area (Å²) in [7, 11) is -0.00383. The molecule has 3 rings (SSSR count). The van der Waals surface area contributed by atoms with Gasteiger partial charge in [-0.15, -0.1) is 0 Å². The highest BCUT2D eigenvalue weighted by molar-refractivity contribution is 8.16. The second-order valence-electron chi connectivity index (χ2n) is 6.25. The van der Waals surface area contributed by atoms with Crippen molar-refractivity contribution in [2.45, 2.75) is 31.1 Å². The number of fused-ring (bicyclic) bond motifs is 1. The van der Waals surface area contributed by atoms with E-state index >= 15 is 0 Å². The first kappa shape index (κ1) is 19.0. The van der Waals surface area contributed by atoms with Crippen molar-refractivity contribution < 1.29 is 22.7 Å². The molecule has 0 spiro atoms. The van der Waals surface area contributed by atoms with E-state index in [9.17, 15) is 13.2 Å². The largest absolute Gasteiger partial charge is 0.497 e. The number of sulfone groups is 1. The molecule has 0 aliphatic carbocycles. The van der Waals surface area contributed by atoms with Crippen molar-refractivity contribution in [2.24, 2.45) is 4.99 Å². The van der Waals surface area contributed by atoms with Gasteiger partial charge in [-0.2, -0.15) is 4.99 Å². The number of amides is 1. The third kappa shape index (κ3) is 3.68. The number of ether oxygens (including phenoxy) is 2. The molecule has 0 bridgehead atoms. The third-order valence-electron chi connectivity index (χ3n) is 4.40. The lowest BCUT2D eigenvalue weighted by Crippen LogP contribution is -2.38. The molecule has 0 N–H and O–H groups in total. The summed E-state index contributed by atoms with van der Waals surface area (Å²) in [4.78, 5) is 18.2. The number of benzene rings is 1. The number of carbonyl (C=O) groups excluding carboxylic acids is 1. The van der Waals surface area contributed by atoms with Gasteiger partial charge in [0.15, 0.2) is 15.0 Å². The Balaban J connectivity index is 2.08. The molecule has 2 aliphatic heterocycles. The number of thioether (sulfide) groups is 1. The highest BCUT2D eigenvalue weighted by atomic mass is 32.2. The topological polar surface area (TPSA) is 85.3 Å². The van der Waals surface area contributed by atoms with Gasteiger partial charge >= 0.3 is 0 Å². The number of aliphatic imine (C=N–C) groups is 1. The fourth-order valence-electron chi connectivity index (χ4n) is 3.21. The minimum absolute atomic E-state index is 0.0337. The van der Waals surface area contributed by atoms with Crippen molar-refractivity contribution in [1.29, 1.82) is 0 Å². The first-order valence-electron chi connectivity index (χ1n) is 8.38. The molecule has 0 aromatic heterocycles. The summed E-state index contributed by atoms with van der Waals surface area (Å²) in [5, 5.41) is 0.379. The van der Waals surface area contributed by atoms with Crippen LogP contribution in [0, 0.1) is 0 Å². The third-order valence-corrected chi connectivity index (χ3v) is 7.61. The van der Waals surface area contributed by atoms with Gasteiger partial charge in [0, 0.05) is 17.7 Å². The van der Waals surface area contributed by atoms with Gasteiger partial charge in [-0.1, -0.05) is 18.7 Å². The predicted molar refractivity (Wildman–Crippen MR) is 103 cm³/mol. The van der Waals surface area contributed by atoms with E-state index in [0.717, 1.165) is 0 Å². The molecule has 0 radical (unpaired) electrons. The quantitative estimate of drug-likeness (QED) is 0.751. The van der Waals surface area contributed by atoms with Crippen LogP contribution >= 0.6 is 11.8 Å². The average molecular weight is 399 g/mol. The molecule has 142 valence electrons. The minimum atomic E-state index is -3.12. The Morgan fingerprint density at radius 1 is 1.31 bits per heavy atom. The van der Waals surface area contributed by atoms with E-state index in [4.69, 9.17) is 9.47 Å². The second kappa shape index (κ2) is 7.48. The van der Waals surface area contributed by atoms with Crippen LogP contribution in [0.5, 0.6) is 11.5 Å². The first-order chi connectivity index (χ1) is 12.4.